The molecule has 2 aliphatic heterocycles. The Morgan fingerprint density at radius 1 is 0.593 bits per heavy atom. The van der Waals surface area contributed by atoms with Crippen molar-refractivity contribution in [3.05, 3.63) is 0 Å². The van der Waals surface area contributed by atoms with Crippen LogP contribution in [0.1, 0.15) is 58.3 Å². The molecule has 0 aromatic carbocycles. The molecule has 2 aliphatic rings. The number of unbranched alkanes of at least 4 members (excludes halogenated alkanes) is 5. The number of halogens is 1. The van der Waals surface area contributed by atoms with Gasteiger partial charge in [-0.05, 0) is 59.0 Å². The van der Waals surface area contributed by atoms with E-state index in [0.29, 0.717) is 0 Å². The van der Waals surface area contributed by atoms with Crippen molar-refractivity contribution in [1.82, 2.24) is 19.6 Å². The number of rotatable bonds is 7. The molecule has 1 radical (unpaired) electrons. The molecule has 6 heteroatoms. The molecule has 4 nitrogen and oxygen atoms in total. The summed E-state index contributed by atoms with van der Waals surface area (Å²) in [6.07, 6.45) is 11.2. The van der Waals surface area contributed by atoms with Crippen molar-refractivity contribution in [2.24, 2.45) is 0 Å². The van der Waals surface area contributed by atoms with Crippen molar-refractivity contribution in [3.63, 3.8) is 0 Å². The maximum absolute atomic E-state index is 2.76. The molecule has 2 unspecified atom stereocenters. The van der Waals surface area contributed by atoms with Crippen molar-refractivity contribution in [3.8, 4) is 0 Å². The Morgan fingerprint density at radius 3 is 1.85 bits per heavy atom. The van der Waals surface area contributed by atoms with Crippen LogP contribution in [0, 0.1) is 0 Å². The second kappa shape index (κ2) is 17.5. The fraction of sp³-hybridized carbons (Fsp3) is 1.00. The molecule has 2 saturated heterocycles. The molecule has 2 bridgehead atoms. The Balaban J connectivity index is 0.00000338. The fourth-order valence-corrected chi connectivity index (χ4v) is 4.19. The van der Waals surface area contributed by atoms with E-state index in [2.05, 4.69) is 33.6 Å². The van der Waals surface area contributed by atoms with E-state index in [0.717, 1.165) is 0 Å². The van der Waals surface area contributed by atoms with Gasteiger partial charge in [0.15, 0.2) is 0 Å². The Bertz CT molecular complexity index is 335. The third kappa shape index (κ3) is 12.7. The zero-order valence-electron chi connectivity index (χ0n) is 18.0. The normalized spacial score (nSPS) is 26.0. The van der Waals surface area contributed by atoms with Crippen LogP contribution >= 0.6 is 12.4 Å². The standard InChI is InChI=1S/C21H44N4.ClH.Mn/c1-3-4-5-6-7-8-12-23-14-10-15-24-17-16-22(2)11-9-13-25(19-18-23)21-20-24;;/h3-21H2,1-2H3;1H;. The minimum absolute atomic E-state index is 0. The quantitative estimate of drug-likeness (QED) is 0.441. The predicted molar refractivity (Wildman–Crippen MR) is 117 cm³/mol. The van der Waals surface area contributed by atoms with Crippen molar-refractivity contribution in [2.45, 2.75) is 58.3 Å². The van der Waals surface area contributed by atoms with E-state index < -0.39 is 0 Å². The largest absolute Gasteiger partial charge is 0.305 e. The summed E-state index contributed by atoms with van der Waals surface area (Å²) in [7, 11) is 2.29. The summed E-state index contributed by atoms with van der Waals surface area (Å²) >= 11 is 0. The van der Waals surface area contributed by atoms with E-state index in [-0.39, 0.29) is 29.5 Å². The molecule has 0 aromatic heterocycles. The Kier molecular flexibility index (Phi) is 17.9. The van der Waals surface area contributed by atoms with Gasteiger partial charge in [-0.2, -0.15) is 0 Å². The molecule has 0 N–H and O–H groups in total. The van der Waals surface area contributed by atoms with Gasteiger partial charge in [-0.25, -0.2) is 0 Å². The minimum Gasteiger partial charge on any atom is -0.305 e. The fourth-order valence-electron chi connectivity index (χ4n) is 4.19. The second-order valence-electron chi connectivity index (χ2n) is 8.30. The molecule has 0 amide bonds. The van der Waals surface area contributed by atoms with Gasteiger partial charge in [0, 0.05) is 56.3 Å². The zero-order chi connectivity index (χ0) is 17.7. The molecule has 2 heterocycles. The first kappa shape index (κ1) is 27.6. The van der Waals surface area contributed by atoms with E-state index >= 15 is 0 Å². The number of hydrogen-bond acceptors (Lipinski definition) is 4. The summed E-state index contributed by atoms with van der Waals surface area (Å²) in [6, 6.07) is 0. The van der Waals surface area contributed by atoms with Gasteiger partial charge in [0.1, 0.15) is 0 Å². The first-order chi connectivity index (χ1) is 12.3. The summed E-state index contributed by atoms with van der Waals surface area (Å²) in [5, 5.41) is 0. The third-order valence-corrected chi connectivity index (χ3v) is 6.05. The molecular weight excluding hydrogens is 399 g/mol. The number of fused-ring (bicyclic) bond motifs is 3. The van der Waals surface area contributed by atoms with Crippen LogP contribution in [0.25, 0.3) is 0 Å². The first-order valence-corrected chi connectivity index (χ1v) is 11.1. The molecule has 0 saturated carbocycles. The van der Waals surface area contributed by atoms with E-state index in [9.17, 15) is 0 Å². The van der Waals surface area contributed by atoms with E-state index in [4.69, 9.17) is 0 Å². The molecule has 163 valence electrons. The smallest absolute Gasteiger partial charge is 0.0110 e. The van der Waals surface area contributed by atoms with E-state index in [1.807, 2.05) is 0 Å². The molecule has 2 rings (SSSR count). The molecule has 0 spiro atoms. The third-order valence-electron chi connectivity index (χ3n) is 6.05. The van der Waals surface area contributed by atoms with Crippen molar-refractivity contribution >= 4 is 12.4 Å². The van der Waals surface area contributed by atoms with Crippen LogP contribution in [-0.4, -0.2) is 98.6 Å². The SMILES string of the molecule is CCCCCCCCN1CCCN2CCN(C)CCCN(CC1)CC2.Cl.[Mn]. The number of likely N-dealkylation sites (N-methyl/N-ethyl adjacent to an activating group) is 1. The monoisotopic (exact) mass is 443 g/mol. The van der Waals surface area contributed by atoms with E-state index in [1.165, 1.54) is 123 Å². The number of nitrogens with zero attached hydrogens (tertiary/aromatic N) is 4. The maximum Gasteiger partial charge on any atom is 0.0110 e. The van der Waals surface area contributed by atoms with Crippen LogP contribution in [0.15, 0.2) is 0 Å². The number of hydrogen-bond donors (Lipinski definition) is 0. The van der Waals surface area contributed by atoms with Crippen LogP contribution < -0.4 is 0 Å². The first-order valence-electron chi connectivity index (χ1n) is 11.1. The van der Waals surface area contributed by atoms with Crippen LogP contribution in [0.4, 0.5) is 0 Å². The molecular formula is C21H45ClMnN4. The van der Waals surface area contributed by atoms with Gasteiger partial charge in [0.25, 0.3) is 0 Å². The summed E-state index contributed by atoms with van der Waals surface area (Å²) in [5.41, 5.74) is 0. The molecule has 2 fully saturated rings. The van der Waals surface area contributed by atoms with Crippen molar-refractivity contribution < 1.29 is 17.1 Å². The minimum atomic E-state index is 0. The van der Waals surface area contributed by atoms with Crippen molar-refractivity contribution in [2.75, 3.05) is 79.0 Å². The summed E-state index contributed by atoms with van der Waals surface area (Å²) in [5.74, 6) is 0. The Labute approximate surface area is 186 Å². The van der Waals surface area contributed by atoms with Gasteiger partial charge in [0.05, 0.1) is 0 Å². The van der Waals surface area contributed by atoms with Gasteiger partial charge in [-0.1, -0.05) is 39.0 Å². The molecule has 27 heavy (non-hydrogen) atoms. The van der Waals surface area contributed by atoms with Crippen molar-refractivity contribution in [1.29, 1.82) is 0 Å². The summed E-state index contributed by atoms with van der Waals surface area (Å²) in [6.45, 7) is 16.3. The summed E-state index contributed by atoms with van der Waals surface area (Å²) in [4.78, 5) is 10.7. The van der Waals surface area contributed by atoms with Gasteiger partial charge in [-0.3, -0.25) is 0 Å². The van der Waals surface area contributed by atoms with E-state index in [1.54, 1.807) is 0 Å². The molecule has 2 atom stereocenters. The van der Waals surface area contributed by atoms with Crippen LogP contribution in [0.2, 0.25) is 0 Å². The van der Waals surface area contributed by atoms with Gasteiger partial charge < -0.3 is 19.6 Å². The van der Waals surface area contributed by atoms with Gasteiger partial charge in [-0.15, -0.1) is 12.4 Å². The average molecular weight is 444 g/mol. The molecule has 0 aliphatic carbocycles. The average Bonchev–Trinajstić information content (AvgIpc) is 2.62. The Morgan fingerprint density at radius 2 is 1.15 bits per heavy atom. The molecule has 0 aromatic rings. The Hall–Kier alpha value is 0.649. The zero-order valence-corrected chi connectivity index (χ0v) is 20.0. The van der Waals surface area contributed by atoms with Crippen LogP contribution in [0.5, 0.6) is 0 Å². The van der Waals surface area contributed by atoms with Gasteiger partial charge in [0.2, 0.25) is 0 Å². The second-order valence-corrected chi connectivity index (χ2v) is 8.30. The predicted octanol–water partition coefficient (Wildman–Crippen LogP) is 3.41. The van der Waals surface area contributed by atoms with Crippen LogP contribution in [-0.2, 0) is 17.1 Å². The summed E-state index contributed by atoms with van der Waals surface area (Å²) < 4.78 is 0. The maximum atomic E-state index is 2.76. The van der Waals surface area contributed by atoms with Crippen LogP contribution in [0.3, 0.4) is 0 Å². The topological polar surface area (TPSA) is 13.0 Å². The van der Waals surface area contributed by atoms with Gasteiger partial charge >= 0.3 is 0 Å².